The maximum absolute atomic E-state index is 13.1. The van der Waals surface area contributed by atoms with E-state index in [4.69, 9.17) is 0 Å². The molecule has 0 radical (unpaired) electrons. The van der Waals surface area contributed by atoms with Crippen LogP contribution < -0.4 is 10.0 Å². The van der Waals surface area contributed by atoms with Crippen molar-refractivity contribution in [1.82, 2.24) is 10.0 Å². The number of rotatable bonds is 7. The van der Waals surface area contributed by atoms with E-state index in [1.165, 1.54) is 30.3 Å². The third kappa shape index (κ3) is 5.91. The molecule has 0 atom stereocenters. The topological polar surface area (TPSA) is 75.3 Å². The van der Waals surface area contributed by atoms with Gasteiger partial charge in [0.05, 0.1) is 15.8 Å². The van der Waals surface area contributed by atoms with Crippen molar-refractivity contribution < 1.29 is 17.6 Å². The molecule has 1 amide bonds. The van der Waals surface area contributed by atoms with Gasteiger partial charge in [0, 0.05) is 13.1 Å². The van der Waals surface area contributed by atoms with Crippen LogP contribution in [0.1, 0.15) is 11.1 Å². The number of benzene rings is 2. The first kappa shape index (κ1) is 19.6. The second-order valence-corrected chi connectivity index (χ2v) is 8.11. The fourth-order valence-corrected chi connectivity index (χ4v) is 3.54. The van der Waals surface area contributed by atoms with Gasteiger partial charge < -0.3 is 5.32 Å². The number of carbonyl (C=O) groups is 1. The van der Waals surface area contributed by atoms with Crippen molar-refractivity contribution in [3.05, 3.63) is 63.9 Å². The summed E-state index contributed by atoms with van der Waals surface area (Å²) in [6, 6.07) is 10.8. The molecular formula is C17H18BrFN2O3S. The summed E-state index contributed by atoms with van der Waals surface area (Å²) in [5.74, 6) is -0.664. The molecule has 134 valence electrons. The maximum Gasteiger partial charge on any atom is 0.240 e. The summed E-state index contributed by atoms with van der Waals surface area (Å²) in [5, 5.41) is 2.62. The van der Waals surface area contributed by atoms with Crippen LogP contribution in [0.15, 0.2) is 51.8 Å². The molecule has 0 unspecified atom stereocenters. The van der Waals surface area contributed by atoms with Gasteiger partial charge in [-0.1, -0.05) is 23.8 Å². The van der Waals surface area contributed by atoms with Gasteiger partial charge in [0.2, 0.25) is 15.9 Å². The van der Waals surface area contributed by atoms with Gasteiger partial charge in [-0.15, -0.1) is 0 Å². The quantitative estimate of drug-likeness (QED) is 0.665. The number of carbonyl (C=O) groups excluding carboxylic acids is 1. The molecular weight excluding hydrogens is 411 g/mol. The number of hydrogen-bond acceptors (Lipinski definition) is 3. The predicted molar refractivity (Wildman–Crippen MR) is 97.2 cm³/mol. The Morgan fingerprint density at radius 1 is 1.12 bits per heavy atom. The molecule has 2 aromatic carbocycles. The minimum atomic E-state index is -3.59. The van der Waals surface area contributed by atoms with Crippen molar-refractivity contribution in [2.24, 2.45) is 0 Å². The Morgan fingerprint density at radius 2 is 1.80 bits per heavy atom. The average Bonchev–Trinajstić information content (AvgIpc) is 2.55. The second kappa shape index (κ2) is 8.55. The minimum Gasteiger partial charge on any atom is -0.355 e. The SMILES string of the molecule is Cc1ccc(S(=O)(=O)NCCNC(=O)Cc2ccc(F)c(Br)c2)cc1. The maximum atomic E-state index is 13.1. The molecule has 0 saturated carbocycles. The Bertz CT molecular complexity index is 855. The molecule has 0 aliphatic heterocycles. The first-order valence-corrected chi connectivity index (χ1v) is 9.82. The zero-order valence-corrected chi connectivity index (χ0v) is 16.0. The smallest absolute Gasteiger partial charge is 0.240 e. The van der Waals surface area contributed by atoms with E-state index in [1.54, 1.807) is 12.1 Å². The van der Waals surface area contributed by atoms with Crippen LogP contribution in [0.4, 0.5) is 4.39 Å². The molecule has 0 heterocycles. The Morgan fingerprint density at radius 3 is 2.44 bits per heavy atom. The van der Waals surface area contributed by atoms with E-state index < -0.39 is 15.8 Å². The second-order valence-electron chi connectivity index (χ2n) is 5.49. The molecule has 0 spiro atoms. The lowest BCUT2D eigenvalue weighted by molar-refractivity contribution is -0.120. The predicted octanol–water partition coefficient (Wildman–Crippen LogP) is 2.53. The number of sulfonamides is 1. The van der Waals surface area contributed by atoms with Crippen LogP contribution in [-0.2, 0) is 21.2 Å². The summed E-state index contributed by atoms with van der Waals surface area (Å²) in [5.41, 5.74) is 1.63. The Balaban J connectivity index is 1.79. The minimum absolute atomic E-state index is 0.0784. The van der Waals surface area contributed by atoms with Crippen LogP contribution in [0, 0.1) is 12.7 Å². The molecule has 25 heavy (non-hydrogen) atoms. The number of halogens is 2. The van der Waals surface area contributed by atoms with Crippen LogP contribution >= 0.6 is 15.9 Å². The third-order valence-corrected chi connectivity index (χ3v) is 5.50. The van der Waals surface area contributed by atoms with Gasteiger partial charge in [-0.25, -0.2) is 17.5 Å². The van der Waals surface area contributed by atoms with Gasteiger partial charge in [-0.05, 0) is 52.7 Å². The lowest BCUT2D eigenvalue weighted by atomic mass is 10.1. The highest BCUT2D eigenvalue weighted by Gasteiger charge is 2.13. The fraction of sp³-hybridized carbons (Fsp3) is 0.235. The molecule has 2 N–H and O–H groups in total. The fourth-order valence-electron chi connectivity index (χ4n) is 2.09. The molecule has 0 fully saturated rings. The van der Waals surface area contributed by atoms with Crippen LogP contribution in [0.2, 0.25) is 0 Å². The molecule has 0 aliphatic carbocycles. The third-order valence-electron chi connectivity index (χ3n) is 3.42. The zero-order valence-electron chi connectivity index (χ0n) is 13.6. The molecule has 2 aromatic rings. The van der Waals surface area contributed by atoms with Crippen molar-refractivity contribution in [3.8, 4) is 0 Å². The average molecular weight is 429 g/mol. The van der Waals surface area contributed by atoms with Crippen molar-refractivity contribution in [2.45, 2.75) is 18.2 Å². The van der Waals surface area contributed by atoms with Crippen molar-refractivity contribution >= 4 is 31.9 Å². The van der Waals surface area contributed by atoms with Crippen LogP contribution in [0.5, 0.6) is 0 Å². The van der Waals surface area contributed by atoms with Crippen LogP contribution in [-0.4, -0.2) is 27.4 Å². The number of hydrogen-bond donors (Lipinski definition) is 2. The van der Waals surface area contributed by atoms with E-state index in [0.29, 0.717) is 10.0 Å². The van der Waals surface area contributed by atoms with Crippen molar-refractivity contribution in [3.63, 3.8) is 0 Å². The van der Waals surface area contributed by atoms with Crippen LogP contribution in [0.3, 0.4) is 0 Å². The first-order valence-electron chi connectivity index (χ1n) is 7.55. The van der Waals surface area contributed by atoms with Gasteiger partial charge >= 0.3 is 0 Å². The molecule has 0 saturated heterocycles. The van der Waals surface area contributed by atoms with Gasteiger partial charge in [0.25, 0.3) is 0 Å². The summed E-state index contributed by atoms with van der Waals surface area (Å²) in [7, 11) is -3.59. The summed E-state index contributed by atoms with van der Waals surface area (Å²) in [6.07, 6.45) is 0.0869. The van der Waals surface area contributed by atoms with Crippen molar-refractivity contribution in [2.75, 3.05) is 13.1 Å². The van der Waals surface area contributed by atoms with E-state index in [9.17, 15) is 17.6 Å². The van der Waals surface area contributed by atoms with E-state index in [2.05, 4.69) is 26.0 Å². The van der Waals surface area contributed by atoms with E-state index >= 15 is 0 Å². The molecule has 2 rings (SSSR count). The Hall–Kier alpha value is -1.77. The number of nitrogens with one attached hydrogen (secondary N) is 2. The summed E-state index contributed by atoms with van der Waals surface area (Å²) < 4.78 is 40.0. The van der Waals surface area contributed by atoms with Crippen molar-refractivity contribution in [1.29, 1.82) is 0 Å². The summed E-state index contributed by atoms with van der Waals surface area (Å²) in [6.45, 7) is 2.11. The Kier molecular flexibility index (Phi) is 6.69. The lowest BCUT2D eigenvalue weighted by Gasteiger charge is -2.09. The molecule has 0 aromatic heterocycles. The monoisotopic (exact) mass is 428 g/mol. The highest BCUT2D eigenvalue weighted by molar-refractivity contribution is 9.10. The molecule has 8 heteroatoms. The Labute approximate surface area is 154 Å². The molecule has 5 nitrogen and oxygen atoms in total. The van der Waals surface area contributed by atoms with Crippen LogP contribution in [0.25, 0.3) is 0 Å². The molecule has 0 bridgehead atoms. The largest absolute Gasteiger partial charge is 0.355 e. The lowest BCUT2D eigenvalue weighted by Crippen LogP contribution is -2.35. The summed E-state index contributed by atoms with van der Waals surface area (Å²) in [4.78, 5) is 12.0. The highest BCUT2D eigenvalue weighted by atomic mass is 79.9. The van der Waals surface area contributed by atoms with E-state index in [0.717, 1.165) is 5.56 Å². The highest BCUT2D eigenvalue weighted by Crippen LogP contribution is 2.17. The van der Waals surface area contributed by atoms with E-state index in [1.807, 2.05) is 6.92 Å². The normalized spacial score (nSPS) is 11.3. The standard InChI is InChI=1S/C17H18BrFN2O3S/c1-12-2-5-14(6-3-12)25(23,24)21-9-8-20-17(22)11-13-4-7-16(19)15(18)10-13/h2-7,10,21H,8-9,11H2,1H3,(H,20,22). The first-order chi connectivity index (χ1) is 11.8. The van der Waals surface area contributed by atoms with E-state index in [-0.39, 0.29) is 30.3 Å². The van der Waals surface area contributed by atoms with Gasteiger partial charge in [0.1, 0.15) is 5.82 Å². The number of amides is 1. The summed E-state index contributed by atoms with van der Waals surface area (Å²) >= 11 is 3.06. The molecule has 0 aliphatic rings. The van der Waals surface area contributed by atoms with Gasteiger partial charge in [-0.3, -0.25) is 4.79 Å². The van der Waals surface area contributed by atoms with Gasteiger partial charge in [0.15, 0.2) is 0 Å². The van der Waals surface area contributed by atoms with Gasteiger partial charge in [-0.2, -0.15) is 0 Å². The number of aryl methyl sites for hydroxylation is 1. The zero-order chi connectivity index (χ0) is 18.4.